The number of hydrogen-bond acceptors (Lipinski definition) is 5. The van der Waals surface area contributed by atoms with E-state index in [1.807, 2.05) is 25.1 Å². The highest BCUT2D eigenvalue weighted by atomic mass is 16.5. The van der Waals surface area contributed by atoms with Crippen molar-refractivity contribution < 1.29 is 4.74 Å². The number of piperazine rings is 1. The van der Waals surface area contributed by atoms with E-state index in [2.05, 4.69) is 39.9 Å². The number of pyridine rings is 1. The number of ether oxygens (including phenoxy) is 1. The molecule has 5 nitrogen and oxygen atoms in total. The average molecular weight is 407 g/mol. The smallest absolute Gasteiger partial charge is 0.122 e. The molecule has 1 fully saturated rings. The van der Waals surface area contributed by atoms with E-state index >= 15 is 0 Å². The van der Waals surface area contributed by atoms with Crippen molar-refractivity contribution in [2.24, 2.45) is 0 Å². The monoisotopic (exact) mass is 406 g/mol. The third-order valence-corrected chi connectivity index (χ3v) is 6.15. The zero-order valence-electron chi connectivity index (χ0n) is 18.4. The van der Waals surface area contributed by atoms with Crippen molar-refractivity contribution in [2.45, 2.75) is 39.0 Å². The van der Waals surface area contributed by atoms with Gasteiger partial charge in [-0.3, -0.25) is 9.88 Å². The fraction of sp³-hybridized carbons (Fsp3) is 0.520. The Kier molecular flexibility index (Phi) is 8.67. The standard InChI is InChI=1S/C25H34N4O/c1-3-22(23-6-7-24(20-26)21(2)19-23)5-4-12-28-13-15-29(16-14-28)17-18-30-25-8-10-27-11-9-25/h6-11,19,22H,3-5,12-18H2,1-2H3. The third-order valence-electron chi connectivity index (χ3n) is 6.15. The van der Waals surface area contributed by atoms with Gasteiger partial charge in [0.25, 0.3) is 0 Å². The first kappa shape index (κ1) is 22.3. The molecule has 0 aliphatic carbocycles. The maximum atomic E-state index is 9.14. The summed E-state index contributed by atoms with van der Waals surface area (Å²) < 4.78 is 5.79. The van der Waals surface area contributed by atoms with Crippen LogP contribution in [0.4, 0.5) is 0 Å². The Morgan fingerprint density at radius 3 is 2.40 bits per heavy atom. The Bertz CT molecular complexity index is 810. The molecule has 2 heterocycles. The highest BCUT2D eigenvalue weighted by molar-refractivity contribution is 5.40. The number of benzene rings is 1. The van der Waals surface area contributed by atoms with E-state index in [4.69, 9.17) is 10.00 Å². The Morgan fingerprint density at radius 2 is 1.77 bits per heavy atom. The molecule has 30 heavy (non-hydrogen) atoms. The van der Waals surface area contributed by atoms with Crippen molar-refractivity contribution in [1.29, 1.82) is 5.26 Å². The topological polar surface area (TPSA) is 52.4 Å². The molecule has 0 amide bonds. The summed E-state index contributed by atoms with van der Waals surface area (Å²) >= 11 is 0. The molecule has 5 heteroatoms. The van der Waals surface area contributed by atoms with Crippen LogP contribution < -0.4 is 4.74 Å². The quantitative estimate of drug-likeness (QED) is 0.591. The lowest BCUT2D eigenvalue weighted by Crippen LogP contribution is -2.47. The third kappa shape index (κ3) is 6.55. The van der Waals surface area contributed by atoms with E-state index in [0.717, 1.165) is 62.6 Å². The largest absolute Gasteiger partial charge is 0.492 e. The van der Waals surface area contributed by atoms with E-state index in [1.165, 1.54) is 24.9 Å². The molecule has 2 aromatic rings. The fourth-order valence-corrected chi connectivity index (χ4v) is 4.20. The fourth-order valence-electron chi connectivity index (χ4n) is 4.20. The molecular formula is C25H34N4O. The van der Waals surface area contributed by atoms with Crippen LogP contribution >= 0.6 is 0 Å². The van der Waals surface area contributed by atoms with Crippen molar-refractivity contribution >= 4 is 0 Å². The molecule has 1 aromatic heterocycles. The lowest BCUT2D eigenvalue weighted by atomic mass is 9.90. The normalized spacial score (nSPS) is 16.2. The summed E-state index contributed by atoms with van der Waals surface area (Å²) in [6.45, 7) is 11.7. The van der Waals surface area contributed by atoms with Crippen molar-refractivity contribution in [1.82, 2.24) is 14.8 Å². The number of nitrogens with zero attached hydrogens (tertiary/aromatic N) is 4. The Hall–Kier alpha value is -2.42. The minimum atomic E-state index is 0.586. The van der Waals surface area contributed by atoms with Gasteiger partial charge in [-0.05, 0) is 68.0 Å². The Morgan fingerprint density at radius 1 is 1.07 bits per heavy atom. The second-order valence-corrected chi connectivity index (χ2v) is 8.15. The van der Waals surface area contributed by atoms with E-state index < -0.39 is 0 Å². The van der Waals surface area contributed by atoms with Gasteiger partial charge in [-0.2, -0.15) is 5.26 Å². The van der Waals surface area contributed by atoms with Crippen molar-refractivity contribution in [2.75, 3.05) is 45.9 Å². The van der Waals surface area contributed by atoms with Gasteiger partial charge in [0.05, 0.1) is 11.6 Å². The molecule has 0 saturated carbocycles. The van der Waals surface area contributed by atoms with Crippen LogP contribution in [0.2, 0.25) is 0 Å². The Labute approximate surface area is 181 Å². The van der Waals surface area contributed by atoms with Gasteiger partial charge >= 0.3 is 0 Å². The summed E-state index contributed by atoms with van der Waals surface area (Å²) in [5, 5.41) is 9.14. The van der Waals surface area contributed by atoms with E-state index in [-0.39, 0.29) is 0 Å². The molecule has 0 spiro atoms. The van der Waals surface area contributed by atoms with Gasteiger partial charge in [0.15, 0.2) is 0 Å². The minimum Gasteiger partial charge on any atom is -0.492 e. The maximum absolute atomic E-state index is 9.14. The molecule has 1 aliphatic heterocycles. The molecule has 0 radical (unpaired) electrons. The molecule has 1 aliphatic rings. The first-order chi connectivity index (χ1) is 14.7. The maximum Gasteiger partial charge on any atom is 0.122 e. The lowest BCUT2D eigenvalue weighted by Gasteiger charge is -2.34. The second-order valence-electron chi connectivity index (χ2n) is 8.15. The Balaban J connectivity index is 1.34. The predicted molar refractivity (Wildman–Crippen MR) is 121 cm³/mol. The van der Waals surface area contributed by atoms with Crippen LogP contribution in [0.25, 0.3) is 0 Å². The van der Waals surface area contributed by atoms with Crippen LogP contribution in [-0.4, -0.2) is 60.7 Å². The second kappa shape index (κ2) is 11.7. The molecule has 1 atom stereocenters. The van der Waals surface area contributed by atoms with Crippen LogP contribution in [0.1, 0.15) is 48.8 Å². The highest BCUT2D eigenvalue weighted by Gasteiger charge is 2.17. The van der Waals surface area contributed by atoms with Crippen molar-refractivity contribution in [3.05, 3.63) is 59.4 Å². The summed E-state index contributed by atoms with van der Waals surface area (Å²) in [7, 11) is 0. The van der Waals surface area contributed by atoms with E-state index in [0.29, 0.717) is 5.92 Å². The number of aryl methyl sites for hydroxylation is 1. The zero-order chi connectivity index (χ0) is 21.2. The number of hydrogen-bond donors (Lipinski definition) is 0. The first-order valence-electron chi connectivity index (χ1n) is 11.2. The highest BCUT2D eigenvalue weighted by Crippen LogP contribution is 2.26. The van der Waals surface area contributed by atoms with Gasteiger partial charge < -0.3 is 9.64 Å². The average Bonchev–Trinajstić information content (AvgIpc) is 2.78. The molecule has 0 N–H and O–H groups in total. The van der Waals surface area contributed by atoms with Crippen LogP contribution in [0, 0.1) is 18.3 Å². The molecule has 1 aromatic carbocycles. The number of aromatic nitrogens is 1. The van der Waals surface area contributed by atoms with Crippen LogP contribution in [0.3, 0.4) is 0 Å². The van der Waals surface area contributed by atoms with Gasteiger partial charge in [-0.25, -0.2) is 0 Å². The van der Waals surface area contributed by atoms with Crippen molar-refractivity contribution in [3.8, 4) is 11.8 Å². The molecular weight excluding hydrogens is 372 g/mol. The molecule has 1 saturated heterocycles. The van der Waals surface area contributed by atoms with Crippen LogP contribution in [-0.2, 0) is 0 Å². The predicted octanol–water partition coefficient (Wildman–Crippen LogP) is 4.23. The lowest BCUT2D eigenvalue weighted by molar-refractivity contribution is 0.115. The summed E-state index contributed by atoms with van der Waals surface area (Å²) in [5.41, 5.74) is 3.27. The van der Waals surface area contributed by atoms with Crippen molar-refractivity contribution in [3.63, 3.8) is 0 Å². The number of nitriles is 1. The molecule has 0 bridgehead atoms. The summed E-state index contributed by atoms with van der Waals surface area (Å²) in [6.07, 6.45) is 7.11. The van der Waals surface area contributed by atoms with Gasteiger partial charge in [-0.15, -0.1) is 0 Å². The molecule has 1 unspecified atom stereocenters. The summed E-state index contributed by atoms with van der Waals surface area (Å²) in [5.74, 6) is 1.48. The zero-order valence-corrected chi connectivity index (χ0v) is 18.4. The van der Waals surface area contributed by atoms with Gasteiger partial charge in [-0.1, -0.05) is 19.1 Å². The molecule has 3 rings (SSSR count). The van der Waals surface area contributed by atoms with Gasteiger partial charge in [0.1, 0.15) is 12.4 Å². The summed E-state index contributed by atoms with van der Waals surface area (Å²) in [6, 6.07) is 12.4. The van der Waals surface area contributed by atoms with Crippen LogP contribution in [0.15, 0.2) is 42.7 Å². The van der Waals surface area contributed by atoms with E-state index in [9.17, 15) is 0 Å². The first-order valence-corrected chi connectivity index (χ1v) is 11.2. The minimum absolute atomic E-state index is 0.586. The van der Waals surface area contributed by atoms with Gasteiger partial charge in [0, 0.05) is 45.1 Å². The van der Waals surface area contributed by atoms with E-state index in [1.54, 1.807) is 12.4 Å². The number of rotatable bonds is 10. The summed E-state index contributed by atoms with van der Waals surface area (Å²) in [4.78, 5) is 9.10. The molecule has 160 valence electrons. The van der Waals surface area contributed by atoms with Crippen LogP contribution in [0.5, 0.6) is 5.75 Å². The van der Waals surface area contributed by atoms with Gasteiger partial charge in [0.2, 0.25) is 0 Å². The SMILES string of the molecule is CCC(CCCN1CCN(CCOc2ccncc2)CC1)c1ccc(C#N)c(C)c1.